The summed E-state index contributed by atoms with van der Waals surface area (Å²) in [6.07, 6.45) is 4.40. The van der Waals surface area contributed by atoms with Gasteiger partial charge in [0.15, 0.2) is 0 Å². The number of hydrogen-bond donors (Lipinski definition) is 0. The second kappa shape index (κ2) is 7.16. The highest BCUT2D eigenvalue weighted by atomic mass is 16.5. The Hall–Kier alpha value is -0.970. The van der Waals surface area contributed by atoms with Gasteiger partial charge in [0.1, 0.15) is 0 Å². The first kappa shape index (κ1) is 14.0. The molecule has 0 spiro atoms. The monoisotopic (exact) mass is 275 g/mol. The van der Waals surface area contributed by atoms with Crippen LogP contribution < -0.4 is 0 Å². The maximum Gasteiger partial charge on any atom is 0.0543 e. The molecule has 0 aromatic carbocycles. The fraction of sp³-hybridized carbons (Fsp3) is 0.688. The van der Waals surface area contributed by atoms with Crippen LogP contribution in [0, 0.1) is 5.92 Å². The SMILES string of the molecule is c1ccc(CN2CCCN(CC3CCOC3)CC2)nc1. The van der Waals surface area contributed by atoms with Crippen LogP contribution in [0.15, 0.2) is 24.4 Å². The van der Waals surface area contributed by atoms with Crippen molar-refractivity contribution in [2.24, 2.45) is 5.92 Å². The summed E-state index contributed by atoms with van der Waals surface area (Å²) in [6, 6.07) is 6.18. The molecule has 0 aliphatic carbocycles. The molecule has 1 atom stereocenters. The highest BCUT2D eigenvalue weighted by Gasteiger charge is 2.21. The first-order chi connectivity index (χ1) is 9.90. The highest BCUT2D eigenvalue weighted by Crippen LogP contribution is 2.15. The minimum Gasteiger partial charge on any atom is -0.381 e. The van der Waals surface area contributed by atoms with Gasteiger partial charge in [-0.25, -0.2) is 0 Å². The van der Waals surface area contributed by atoms with E-state index in [9.17, 15) is 0 Å². The number of aromatic nitrogens is 1. The third kappa shape index (κ3) is 4.01. The van der Waals surface area contributed by atoms with Crippen molar-refractivity contribution >= 4 is 0 Å². The Kier molecular flexibility index (Phi) is 5.01. The number of pyridine rings is 1. The summed E-state index contributed by atoms with van der Waals surface area (Å²) in [5.74, 6) is 0.761. The summed E-state index contributed by atoms with van der Waals surface area (Å²) >= 11 is 0. The second-order valence-electron chi connectivity index (χ2n) is 5.98. The van der Waals surface area contributed by atoms with E-state index in [-0.39, 0.29) is 0 Å². The number of rotatable bonds is 4. The zero-order valence-corrected chi connectivity index (χ0v) is 12.2. The molecular formula is C16H25N3O. The van der Waals surface area contributed by atoms with Gasteiger partial charge in [-0.2, -0.15) is 0 Å². The molecule has 4 nitrogen and oxygen atoms in total. The lowest BCUT2D eigenvalue weighted by molar-refractivity contribution is 0.167. The third-order valence-electron chi connectivity index (χ3n) is 4.33. The largest absolute Gasteiger partial charge is 0.381 e. The van der Waals surface area contributed by atoms with Crippen LogP contribution in [0.25, 0.3) is 0 Å². The molecule has 1 unspecified atom stereocenters. The van der Waals surface area contributed by atoms with E-state index in [0.717, 1.165) is 32.2 Å². The normalized spacial score (nSPS) is 25.7. The smallest absolute Gasteiger partial charge is 0.0543 e. The Labute approximate surface area is 121 Å². The Balaban J connectivity index is 1.46. The minimum absolute atomic E-state index is 0.761. The van der Waals surface area contributed by atoms with E-state index in [1.165, 1.54) is 44.7 Å². The van der Waals surface area contributed by atoms with Crippen LogP contribution in [0.5, 0.6) is 0 Å². The molecule has 1 aromatic rings. The van der Waals surface area contributed by atoms with E-state index in [2.05, 4.69) is 26.9 Å². The van der Waals surface area contributed by atoms with E-state index in [1.807, 2.05) is 12.3 Å². The fourth-order valence-corrected chi connectivity index (χ4v) is 3.18. The quantitative estimate of drug-likeness (QED) is 0.835. The average Bonchev–Trinajstić information content (AvgIpc) is 2.88. The summed E-state index contributed by atoms with van der Waals surface area (Å²) in [6.45, 7) is 8.90. The summed E-state index contributed by atoms with van der Waals surface area (Å²) in [4.78, 5) is 9.59. The van der Waals surface area contributed by atoms with Crippen molar-refractivity contribution in [3.63, 3.8) is 0 Å². The Bertz CT molecular complexity index is 392. The zero-order chi connectivity index (χ0) is 13.6. The first-order valence-corrected chi connectivity index (χ1v) is 7.82. The predicted octanol–water partition coefficient (Wildman–Crippen LogP) is 1.63. The molecule has 2 fully saturated rings. The van der Waals surface area contributed by atoms with E-state index in [1.54, 1.807) is 0 Å². The van der Waals surface area contributed by atoms with Crippen LogP contribution in [0.3, 0.4) is 0 Å². The molecule has 0 saturated carbocycles. The van der Waals surface area contributed by atoms with Crippen molar-refractivity contribution < 1.29 is 4.74 Å². The molecule has 110 valence electrons. The molecule has 3 heterocycles. The Morgan fingerprint density at radius 2 is 2.05 bits per heavy atom. The van der Waals surface area contributed by atoms with Crippen molar-refractivity contribution in [3.05, 3.63) is 30.1 Å². The topological polar surface area (TPSA) is 28.6 Å². The molecule has 2 aliphatic rings. The van der Waals surface area contributed by atoms with Crippen LogP contribution in [-0.2, 0) is 11.3 Å². The van der Waals surface area contributed by atoms with Crippen molar-refractivity contribution in [2.75, 3.05) is 45.9 Å². The molecule has 4 heteroatoms. The summed E-state index contributed by atoms with van der Waals surface area (Å²) in [5, 5.41) is 0. The van der Waals surface area contributed by atoms with Gasteiger partial charge in [-0.05, 0) is 44.0 Å². The molecule has 1 aromatic heterocycles. The molecular weight excluding hydrogens is 250 g/mol. The molecule has 0 amide bonds. The van der Waals surface area contributed by atoms with E-state index < -0.39 is 0 Å². The average molecular weight is 275 g/mol. The van der Waals surface area contributed by atoms with Crippen molar-refractivity contribution in [3.8, 4) is 0 Å². The van der Waals surface area contributed by atoms with E-state index in [0.29, 0.717) is 0 Å². The number of ether oxygens (including phenoxy) is 1. The van der Waals surface area contributed by atoms with Crippen LogP contribution >= 0.6 is 0 Å². The lowest BCUT2D eigenvalue weighted by atomic mass is 10.1. The van der Waals surface area contributed by atoms with Gasteiger partial charge in [-0.3, -0.25) is 9.88 Å². The molecule has 0 bridgehead atoms. The summed E-state index contributed by atoms with van der Waals surface area (Å²) < 4.78 is 5.48. The van der Waals surface area contributed by atoms with Gasteiger partial charge in [-0.1, -0.05) is 6.07 Å². The van der Waals surface area contributed by atoms with Crippen LogP contribution in [0.2, 0.25) is 0 Å². The van der Waals surface area contributed by atoms with Gasteiger partial charge in [0.2, 0.25) is 0 Å². The summed E-state index contributed by atoms with van der Waals surface area (Å²) in [5.41, 5.74) is 1.19. The molecule has 2 saturated heterocycles. The zero-order valence-electron chi connectivity index (χ0n) is 12.2. The number of hydrogen-bond acceptors (Lipinski definition) is 4. The molecule has 20 heavy (non-hydrogen) atoms. The predicted molar refractivity (Wildman–Crippen MR) is 79.5 cm³/mol. The van der Waals surface area contributed by atoms with Crippen molar-refractivity contribution in [1.82, 2.24) is 14.8 Å². The molecule has 2 aliphatic heterocycles. The van der Waals surface area contributed by atoms with Crippen LogP contribution in [-0.4, -0.2) is 60.7 Å². The van der Waals surface area contributed by atoms with Gasteiger partial charge in [0, 0.05) is 39.0 Å². The van der Waals surface area contributed by atoms with Gasteiger partial charge < -0.3 is 9.64 Å². The van der Waals surface area contributed by atoms with Gasteiger partial charge in [0.25, 0.3) is 0 Å². The lowest BCUT2D eigenvalue weighted by Crippen LogP contribution is -2.34. The van der Waals surface area contributed by atoms with E-state index in [4.69, 9.17) is 4.74 Å². The maximum absolute atomic E-state index is 5.48. The van der Waals surface area contributed by atoms with E-state index >= 15 is 0 Å². The standard InChI is InChI=1S/C16H25N3O/c1-2-6-17-16(4-1)13-19-8-3-7-18(9-10-19)12-15-5-11-20-14-15/h1-2,4,6,15H,3,5,7-14H2. The summed E-state index contributed by atoms with van der Waals surface area (Å²) in [7, 11) is 0. The van der Waals surface area contributed by atoms with Crippen LogP contribution in [0.1, 0.15) is 18.5 Å². The van der Waals surface area contributed by atoms with Gasteiger partial charge in [-0.15, -0.1) is 0 Å². The second-order valence-corrected chi connectivity index (χ2v) is 5.98. The Morgan fingerprint density at radius 1 is 1.15 bits per heavy atom. The van der Waals surface area contributed by atoms with Crippen LogP contribution in [0.4, 0.5) is 0 Å². The Morgan fingerprint density at radius 3 is 2.85 bits per heavy atom. The number of nitrogens with zero attached hydrogens (tertiary/aromatic N) is 3. The molecule has 0 N–H and O–H groups in total. The maximum atomic E-state index is 5.48. The highest BCUT2D eigenvalue weighted by molar-refractivity contribution is 5.03. The van der Waals surface area contributed by atoms with Gasteiger partial charge >= 0.3 is 0 Å². The molecule has 3 rings (SSSR count). The minimum atomic E-state index is 0.761. The van der Waals surface area contributed by atoms with Gasteiger partial charge in [0.05, 0.1) is 12.3 Å². The first-order valence-electron chi connectivity index (χ1n) is 7.82. The molecule has 0 radical (unpaired) electrons. The lowest BCUT2D eigenvalue weighted by Gasteiger charge is -2.23. The fourth-order valence-electron chi connectivity index (χ4n) is 3.18. The third-order valence-corrected chi connectivity index (χ3v) is 4.33. The van der Waals surface area contributed by atoms with Crippen molar-refractivity contribution in [2.45, 2.75) is 19.4 Å². The van der Waals surface area contributed by atoms with Crippen molar-refractivity contribution in [1.29, 1.82) is 0 Å².